The molecule has 0 atom stereocenters. The molecule has 1 aliphatic heterocycles. The molecule has 5 rings (SSSR count). The number of imidazole rings is 1. The molecular weight excluding hydrogens is 344 g/mol. The first-order valence-corrected chi connectivity index (χ1v) is 9.36. The second-order valence-corrected chi connectivity index (χ2v) is 7.11. The van der Waals surface area contributed by atoms with Crippen molar-refractivity contribution < 1.29 is 0 Å². The Morgan fingerprint density at radius 2 is 1.50 bits per heavy atom. The number of fused-ring (bicyclic) bond motifs is 3. The highest BCUT2D eigenvalue weighted by Gasteiger charge is 2.24. The summed E-state index contributed by atoms with van der Waals surface area (Å²) >= 11 is 0. The average Bonchev–Trinajstić information content (AvgIpc) is 3.22. The maximum atomic E-state index is 4.97. The van der Waals surface area contributed by atoms with E-state index in [1.54, 1.807) is 0 Å². The summed E-state index contributed by atoms with van der Waals surface area (Å²) in [5.41, 5.74) is 7.38. The first kappa shape index (κ1) is 16.5. The summed E-state index contributed by atoms with van der Waals surface area (Å²) in [6.45, 7) is 4.17. The van der Waals surface area contributed by atoms with Crippen molar-refractivity contribution in [3.63, 3.8) is 0 Å². The Morgan fingerprint density at radius 1 is 0.821 bits per heavy atom. The van der Waals surface area contributed by atoms with Gasteiger partial charge in [-0.05, 0) is 50.2 Å². The lowest BCUT2D eigenvalue weighted by Crippen LogP contribution is -2.15. The van der Waals surface area contributed by atoms with Crippen molar-refractivity contribution in [2.75, 3.05) is 5.32 Å². The second kappa shape index (κ2) is 6.50. The maximum Gasteiger partial charge on any atom is 0.163 e. The monoisotopic (exact) mass is 364 g/mol. The highest BCUT2D eigenvalue weighted by atomic mass is 15.2. The van der Waals surface area contributed by atoms with Gasteiger partial charge in [0.2, 0.25) is 0 Å². The van der Waals surface area contributed by atoms with Crippen molar-refractivity contribution >= 4 is 34.3 Å². The number of benzene rings is 3. The number of aromatic nitrogens is 2. The molecule has 0 unspecified atom stereocenters. The van der Waals surface area contributed by atoms with Gasteiger partial charge in [-0.15, -0.1) is 0 Å². The van der Waals surface area contributed by atoms with Gasteiger partial charge in [0, 0.05) is 11.8 Å². The molecule has 1 aliphatic rings. The fourth-order valence-corrected chi connectivity index (χ4v) is 3.41. The lowest BCUT2D eigenvalue weighted by molar-refractivity contribution is 1.15. The number of aryl methyl sites for hydroxylation is 2. The third-order valence-electron chi connectivity index (χ3n) is 4.91. The third kappa shape index (κ3) is 2.89. The summed E-state index contributed by atoms with van der Waals surface area (Å²) in [7, 11) is 0. The lowest BCUT2D eigenvalue weighted by Gasteiger charge is -2.12. The van der Waals surface area contributed by atoms with Crippen LogP contribution in [0.2, 0.25) is 0 Å². The van der Waals surface area contributed by atoms with Crippen LogP contribution in [-0.2, 0) is 0 Å². The van der Waals surface area contributed by atoms with Gasteiger partial charge in [-0.1, -0.05) is 47.5 Å². The van der Waals surface area contributed by atoms with Crippen LogP contribution in [0.3, 0.4) is 0 Å². The quantitative estimate of drug-likeness (QED) is 0.507. The summed E-state index contributed by atoms with van der Waals surface area (Å²) in [5, 5.41) is 3.52. The number of para-hydroxylation sites is 2. The van der Waals surface area contributed by atoms with E-state index in [1.165, 1.54) is 11.1 Å². The van der Waals surface area contributed by atoms with Gasteiger partial charge in [0.15, 0.2) is 5.84 Å². The molecule has 3 aromatic carbocycles. The zero-order chi connectivity index (χ0) is 19.1. The van der Waals surface area contributed by atoms with E-state index in [9.17, 15) is 0 Å². The van der Waals surface area contributed by atoms with Gasteiger partial charge in [0.05, 0.1) is 22.4 Å². The Kier molecular flexibility index (Phi) is 3.83. The number of aliphatic imine (C=N–C) groups is 1. The first-order chi connectivity index (χ1) is 13.7. The van der Waals surface area contributed by atoms with Gasteiger partial charge >= 0.3 is 0 Å². The Balaban J connectivity index is 1.63. The zero-order valence-corrected chi connectivity index (χ0v) is 15.8. The molecule has 0 bridgehead atoms. The van der Waals surface area contributed by atoms with E-state index >= 15 is 0 Å². The minimum absolute atomic E-state index is 0.855. The van der Waals surface area contributed by atoms with E-state index in [2.05, 4.69) is 72.3 Å². The fraction of sp³-hybridized carbons (Fsp3) is 0.0833. The molecule has 0 fully saturated rings. The lowest BCUT2D eigenvalue weighted by atomic mass is 10.2. The second-order valence-electron chi connectivity index (χ2n) is 7.11. The van der Waals surface area contributed by atoms with Crippen molar-refractivity contribution in [1.29, 1.82) is 0 Å². The smallest absolute Gasteiger partial charge is 0.163 e. The van der Waals surface area contributed by atoms with Crippen molar-refractivity contribution in [2.24, 2.45) is 4.99 Å². The predicted octanol–water partition coefficient (Wildman–Crippen LogP) is 5.70. The van der Waals surface area contributed by atoms with E-state index in [4.69, 9.17) is 9.98 Å². The molecule has 2 heterocycles. The Hall–Kier alpha value is -3.66. The number of nitrogens with one attached hydrogen (secondary N) is 1. The molecule has 4 aromatic rings. The Labute approximate surface area is 163 Å². The van der Waals surface area contributed by atoms with Crippen molar-refractivity contribution in [1.82, 2.24) is 9.55 Å². The molecule has 0 spiro atoms. The fourth-order valence-electron chi connectivity index (χ4n) is 3.41. The molecule has 1 aromatic heterocycles. The van der Waals surface area contributed by atoms with Gasteiger partial charge in [0.25, 0.3) is 0 Å². The maximum absolute atomic E-state index is 4.97. The number of allylic oxidation sites excluding steroid dienone is 1. The summed E-state index contributed by atoms with van der Waals surface area (Å²) in [4.78, 5) is 9.74. The van der Waals surface area contributed by atoms with Crippen molar-refractivity contribution in [3.05, 3.63) is 95.4 Å². The first-order valence-electron chi connectivity index (χ1n) is 9.36. The van der Waals surface area contributed by atoms with Gasteiger partial charge < -0.3 is 5.32 Å². The highest BCUT2D eigenvalue weighted by molar-refractivity contribution is 6.14. The topological polar surface area (TPSA) is 42.2 Å². The van der Waals surface area contributed by atoms with Crippen LogP contribution >= 0.6 is 0 Å². The third-order valence-corrected chi connectivity index (χ3v) is 4.91. The number of hydrogen-bond donors (Lipinski definition) is 1. The highest BCUT2D eigenvalue weighted by Crippen LogP contribution is 2.28. The van der Waals surface area contributed by atoms with Crippen LogP contribution < -0.4 is 5.32 Å². The van der Waals surface area contributed by atoms with Crippen LogP contribution in [-0.4, -0.2) is 15.4 Å². The van der Waals surface area contributed by atoms with E-state index in [1.807, 2.05) is 30.3 Å². The van der Waals surface area contributed by atoms with Crippen LogP contribution in [0.4, 0.5) is 11.4 Å². The van der Waals surface area contributed by atoms with Gasteiger partial charge in [-0.3, -0.25) is 4.57 Å². The Bertz CT molecular complexity index is 1230. The summed E-state index contributed by atoms with van der Waals surface area (Å²) in [6, 6.07) is 24.8. The summed E-state index contributed by atoms with van der Waals surface area (Å²) in [5.74, 6) is 1.75. The molecule has 0 radical (unpaired) electrons. The molecule has 4 heteroatoms. The number of rotatable bonds is 3. The standard InChI is InChI=1S/C24H20N4/c1-16-7-11-18(12-8-16)25-21-15-23-27-20-5-3-4-6-22(20)28(23)24(21)26-19-13-9-17(2)10-14-19/h3-15,25H,1-2H3. The predicted molar refractivity (Wildman–Crippen MR) is 116 cm³/mol. The normalized spacial score (nSPS) is 14.4. The number of anilines is 1. The van der Waals surface area contributed by atoms with Crippen LogP contribution in [0, 0.1) is 13.8 Å². The van der Waals surface area contributed by atoms with E-state index in [-0.39, 0.29) is 0 Å². The summed E-state index contributed by atoms with van der Waals surface area (Å²) in [6.07, 6.45) is 2.06. The van der Waals surface area contributed by atoms with E-state index in [0.717, 1.165) is 39.8 Å². The largest absolute Gasteiger partial charge is 0.352 e. The molecule has 4 nitrogen and oxygen atoms in total. The SMILES string of the molecule is Cc1ccc(N=C2C(Nc3ccc(C)cc3)=Cc3nc4ccccc4n32)cc1. The van der Waals surface area contributed by atoms with E-state index in [0.29, 0.717) is 0 Å². The molecular formula is C24H20N4. The molecule has 1 N–H and O–H groups in total. The van der Waals surface area contributed by atoms with Crippen LogP contribution in [0.25, 0.3) is 17.1 Å². The van der Waals surface area contributed by atoms with Gasteiger partial charge in [-0.2, -0.15) is 0 Å². The van der Waals surface area contributed by atoms with Crippen molar-refractivity contribution in [3.8, 4) is 0 Å². The molecule has 28 heavy (non-hydrogen) atoms. The number of nitrogens with zero attached hydrogens (tertiary/aromatic N) is 3. The number of hydrogen-bond acceptors (Lipinski definition) is 3. The summed E-state index contributed by atoms with van der Waals surface area (Å²) < 4.78 is 2.12. The van der Waals surface area contributed by atoms with Gasteiger partial charge in [0.1, 0.15) is 5.82 Å². The molecule has 0 aliphatic carbocycles. The molecule has 0 amide bonds. The van der Waals surface area contributed by atoms with Crippen LogP contribution in [0.1, 0.15) is 17.0 Å². The van der Waals surface area contributed by atoms with Crippen molar-refractivity contribution in [2.45, 2.75) is 13.8 Å². The van der Waals surface area contributed by atoms with E-state index < -0.39 is 0 Å². The average molecular weight is 364 g/mol. The van der Waals surface area contributed by atoms with Crippen LogP contribution in [0.15, 0.2) is 83.5 Å². The molecule has 0 saturated carbocycles. The zero-order valence-electron chi connectivity index (χ0n) is 15.8. The Morgan fingerprint density at radius 3 is 2.25 bits per heavy atom. The molecule has 136 valence electrons. The molecule has 0 saturated heterocycles. The minimum Gasteiger partial charge on any atom is -0.352 e. The van der Waals surface area contributed by atoms with Crippen LogP contribution in [0.5, 0.6) is 0 Å². The van der Waals surface area contributed by atoms with Gasteiger partial charge in [-0.25, -0.2) is 9.98 Å². The minimum atomic E-state index is 0.855.